The van der Waals surface area contributed by atoms with Crippen molar-refractivity contribution in [1.29, 1.82) is 0 Å². The number of thioether (sulfide) groups is 1. The fraction of sp³-hybridized carbons (Fsp3) is 0.667. The van der Waals surface area contributed by atoms with Crippen LogP contribution in [0, 0.1) is 0 Å². The predicted octanol–water partition coefficient (Wildman–Crippen LogP) is 1.04. The lowest BCUT2D eigenvalue weighted by molar-refractivity contribution is 0.628. The van der Waals surface area contributed by atoms with Crippen molar-refractivity contribution in [2.75, 3.05) is 12.0 Å². The lowest BCUT2D eigenvalue weighted by Gasteiger charge is -2.07. The van der Waals surface area contributed by atoms with Crippen molar-refractivity contribution < 1.29 is 0 Å². The maximum atomic E-state index is 5.94. The van der Waals surface area contributed by atoms with E-state index in [4.69, 9.17) is 5.73 Å². The van der Waals surface area contributed by atoms with Gasteiger partial charge in [-0.1, -0.05) is 0 Å². The molecule has 0 aromatic carbocycles. The van der Waals surface area contributed by atoms with Gasteiger partial charge in [0.05, 0.1) is 5.69 Å². The Morgan fingerprint density at radius 2 is 2.46 bits per heavy atom. The van der Waals surface area contributed by atoms with Crippen molar-refractivity contribution in [3.05, 3.63) is 18.0 Å². The quantitative estimate of drug-likeness (QED) is 0.770. The monoisotopic (exact) mass is 199 g/mol. The van der Waals surface area contributed by atoms with Gasteiger partial charge < -0.3 is 5.73 Å². The van der Waals surface area contributed by atoms with E-state index in [0.29, 0.717) is 0 Å². The number of aromatic nitrogens is 2. The van der Waals surface area contributed by atoms with Crippen LogP contribution in [-0.2, 0) is 13.5 Å². The third-order valence-electron chi connectivity index (χ3n) is 1.93. The average molecular weight is 199 g/mol. The first kappa shape index (κ1) is 10.6. The van der Waals surface area contributed by atoms with Crippen LogP contribution < -0.4 is 5.73 Å². The highest BCUT2D eigenvalue weighted by Crippen LogP contribution is 2.04. The molecule has 0 aliphatic carbocycles. The fourth-order valence-corrected chi connectivity index (χ4v) is 1.75. The van der Waals surface area contributed by atoms with E-state index in [9.17, 15) is 0 Å². The summed E-state index contributed by atoms with van der Waals surface area (Å²) in [6.07, 6.45) is 6.02. The maximum Gasteiger partial charge on any atom is 0.0639 e. The summed E-state index contributed by atoms with van der Waals surface area (Å²) >= 11 is 1.84. The highest BCUT2D eigenvalue weighted by Gasteiger charge is 2.05. The summed E-state index contributed by atoms with van der Waals surface area (Å²) in [4.78, 5) is 0. The highest BCUT2D eigenvalue weighted by atomic mass is 32.2. The molecule has 1 aromatic heterocycles. The van der Waals surface area contributed by atoms with Crippen LogP contribution in [0.2, 0.25) is 0 Å². The van der Waals surface area contributed by atoms with Crippen LogP contribution >= 0.6 is 11.8 Å². The molecule has 0 amide bonds. The standard InChI is InChI=1S/C9H17N3S/c1-12-5-3-9(11-12)7-8(10)4-6-13-2/h3,5,8H,4,6-7,10H2,1-2H3. The summed E-state index contributed by atoms with van der Waals surface area (Å²) < 4.78 is 1.82. The van der Waals surface area contributed by atoms with E-state index in [0.717, 1.165) is 24.3 Å². The van der Waals surface area contributed by atoms with Crippen LogP contribution in [0.1, 0.15) is 12.1 Å². The summed E-state index contributed by atoms with van der Waals surface area (Å²) in [6.45, 7) is 0. The largest absolute Gasteiger partial charge is 0.327 e. The van der Waals surface area contributed by atoms with Crippen LogP contribution in [0.3, 0.4) is 0 Å². The summed E-state index contributed by atoms with van der Waals surface area (Å²) in [5, 5.41) is 4.29. The van der Waals surface area contributed by atoms with Crippen LogP contribution in [0.5, 0.6) is 0 Å². The zero-order valence-corrected chi connectivity index (χ0v) is 9.05. The molecule has 1 atom stereocenters. The van der Waals surface area contributed by atoms with Gasteiger partial charge in [0.25, 0.3) is 0 Å². The Bertz CT molecular complexity index is 247. The summed E-state index contributed by atoms with van der Waals surface area (Å²) in [7, 11) is 1.93. The molecule has 1 heterocycles. The van der Waals surface area contributed by atoms with Crippen molar-refractivity contribution in [2.24, 2.45) is 12.8 Å². The second-order valence-corrected chi connectivity index (χ2v) is 4.21. The first-order chi connectivity index (χ1) is 6.22. The molecule has 0 spiro atoms. The molecule has 74 valence electrons. The van der Waals surface area contributed by atoms with E-state index in [2.05, 4.69) is 11.4 Å². The Morgan fingerprint density at radius 3 is 3.00 bits per heavy atom. The van der Waals surface area contributed by atoms with Crippen molar-refractivity contribution in [1.82, 2.24) is 9.78 Å². The van der Waals surface area contributed by atoms with E-state index in [1.54, 1.807) is 0 Å². The number of rotatable bonds is 5. The van der Waals surface area contributed by atoms with Crippen LogP contribution in [-0.4, -0.2) is 27.8 Å². The minimum Gasteiger partial charge on any atom is -0.327 e. The molecule has 13 heavy (non-hydrogen) atoms. The molecule has 0 saturated carbocycles. The van der Waals surface area contributed by atoms with Gasteiger partial charge in [0.15, 0.2) is 0 Å². The van der Waals surface area contributed by atoms with Gasteiger partial charge in [-0.2, -0.15) is 16.9 Å². The van der Waals surface area contributed by atoms with E-state index >= 15 is 0 Å². The van der Waals surface area contributed by atoms with Gasteiger partial charge in [-0.15, -0.1) is 0 Å². The SMILES string of the molecule is CSCCC(N)Cc1ccn(C)n1. The second kappa shape index (κ2) is 5.29. The van der Waals surface area contributed by atoms with Gasteiger partial charge in [0, 0.05) is 25.7 Å². The molecule has 4 heteroatoms. The smallest absolute Gasteiger partial charge is 0.0639 e. The minimum atomic E-state index is 0.252. The van der Waals surface area contributed by atoms with Gasteiger partial charge in [0.1, 0.15) is 0 Å². The van der Waals surface area contributed by atoms with Crippen molar-refractivity contribution in [3.8, 4) is 0 Å². The lowest BCUT2D eigenvalue weighted by Crippen LogP contribution is -2.23. The Labute approximate surface area is 83.7 Å². The third-order valence-corrected chi connectivity index (χ3v) is 2.58. The first-order valence-corrected chi connectivity index (χ1v) is 5.85. The van der Waals surface area contributed by atoms with Gasteiger partial charge in [0.2, 0.25) is 0 Å². The summed E-state index contributed by atoms with van der Waals surface area (Å²) in [5.41, 5.74) is 7.03. The maximum absolute atomic E-state index is 5.94. The van der Waals surface area contributed by atoms with E-state index < -0.39 is 0 Å². The molecular formula is C9H17N3S. The molecule has 0 fully saturated rings. The molecule has 2 N–H and O–H groups in total. The predicted molar refractivity (Wildman–Crippen MR) is 57.9 cm³/mol. The Balaban J connectivity index is 2.31. The number of nitrogens with two attached hydrogens (primary N) is 1. The van der Waals surface area contributed by atoms with E-state index in [1.807, 2.05) is 35.8 Å². The van der Waals surface area contributed by atoms with E-state index in [-0.39, 0.29) is 6.04 Å². The summed E-state index contributed by atoms with van der Waals surface area (Å²) in [6, 6.07) is 2.28. The zero-order valence-electron chi connectivity index (χ0n) is 8.23. The number of hydrogen-bond acceptors (Lipinski definition) is 3. The van der Waals surface area contributed by atoms with E-state index in [1.165, 1.54) is 0 Å². The van der Waals surface area contributed by atoms with Crippen molar-refractivity contribution in [2.45, 2.75) is 18.9 Å². The number of hydrogen-bond donors (Lipinski definition) is 1. The number of aryl methyl sites for hydroxylation is 1. The average Bonchev–Trinajstić information content (AvgIpc) is 2.48. The topological polar surface area (TPSA) is 43.8 Å². The van der Waals surface area contributed by atoms with Gasteiger partial charge in [-0.05, 0) is 24.5 Å². The van der Waals surface area contributed by atoms with Crippen LogP contribution in [0.15, 0.2) is 12.3 Å². The lowest BCUT2D eigenvalue weighted by atomic mass is 10.1. The molecular weight excluding hydrogens is 182 g/mol. The molecule has 1 rings (SSSR count). The Morgan fingerprint density at radius 1 is 1.69 bits per heavy atom. The summed E-state index contributed by atoms with van der Waals surface area (Å²) in [5.74, 6) is 1.13. The molecule has 0 radical (unpaired) electrons. The minimum absolute atomic E-state index is 0.252. The molecule has 0 saturated heterocycles. The first-order valence-electron chi connectivity index (χ1n) is 4.45. The fourth-order valence-electron chi connectivity index (χ4n) is 1.21. The van der Waals surface area contributed by atoms with Gasteiger partial charge in [-0.25, -0.2) is 0 Å². The van der Waals surface area contributed by atoms with Crippen molar-refractivity contribution >= 4 is 11.8 Å². The van der Waals surface area contributed by atoms with Crippen LogP contribution in [0.25, 0.3) is 0 Å². The van der Waals surface area contributed by atoms with Gasteiger partial charge >= 0.3 is 0 Å². The zero-order chi connectivity index (χ0) is 9.68. The molecule has 1 aromatic rings. The molecule has 0 bridgehead atoms. The third kappa shape index (κ3) is 3.83. The molecule has 3 nitrogen and oxygen atoms in total. The molecule has 1 unspecified atom stereocenters. The van der Waals surface area contributed by atoms with Crippen molar-refractivity contribution in [3.63, 3.8) is 0 Å². The highest BCUT2D eigenvalue weighted by molar-refractivity contribution is 7.98. The Hall–Kier alpha value is -0.480. The Kier molecular flexibility index (Phi) is 4.32. The normalized spacial score (nSPS) is 13.2. The number of nitrogens with zero attached hydrogens (tertiary/aromatic N) is 2. The molecule has 0 aliphatic rings. The second-order valence-electron chi connectivity index (χ2n) is 3.23. The molecule has 0 aliphatic heterocycles. The van der Waals surface area contributed by atoms with Crippen LogP contribution in [0.4, 0.5) is 0 Å². The van der Waals surface area contributed by atoms with Gasteiger partial charge in [-0.3, -0.25) is 4.68 Å².